The molecule has 1 unspecified atom stereocenters. The van der Waals surface area contributed by atoms with Crippen molar-refractivity contribution >= 4 is 28.3 Å². The van der Waals surface area contributed by atoms with Gasteiger partial charge in [0.2, 0.25) is 0 Å². The van der Waals surface area contributed by atoms with Gasteiger partial charge in [0.15, 0.2) is 0 Å². The summed E-state index contributed by atoms with van der Waals surface area (Å²) in [5.41, 5.74) is 5.69. The Morgan fingerprint density at radius 1 is 1.06 bits per heavy atom. The molecule has 3 aromatic carbocycles. The topological polar surface area (TPSA) is 69.0 Å². The summed E-state index contributed by atoms with van der Waals surface area (Å²) in [5.74, 6) is 0.00399. The molecule has 0 aliphatic rings. The van der Waals surface area contributed by atoms with Crippen molar-refractivity contribution in [2.24, 2.45) is 0 Å². The van der Waals surface area contributed by atoms with Gasteiger partial charge in [-0.05, 0) is 48.0 Å². The van der Waals surface area contributed by atoms with E-state index >= 15 is 0 Å². The van der Waals surface area contributed by atoms with Crippen molar-refractivity contribution in [3.63, 3.8) is 0 Å². The maximum Gasteiger partial charge on any atom is 0.251 e. The number of rotatable bonds is 8. The number of para-hydroxylation sites is 2. The third kappa shape index (κ3) is 4.97. The largest absolute Gasteiger partial charge is 0.487 e. The second-order valence-electron chi connectivity index (χ2n) is 7.76. The molecule has 1 N–H and O–H groups in total. The van der Waals surface area contributed by atoms with Crippen LogP contribution in [0, 0.1) is 5.82 Å². The molecule has 0 spiro atoms. The Labute approximate surface area is 199 Å². The standard InChI is InChI=1S/C26H21FN4O2S/c27-20-10-8-18(9-11-20)24(13-31-16-28-23-6-1-2-7-25(23)31)30-26(32)19-4-3-5-22(12-19)33-14-21-15-34-17-29-21/h1-12,15-17,24H,13-14H2,(H,30,32). The predicted octanol–water partition coefficient (Wildman–Crippen LogP) is 5.38. The summed E-state index contributed by atoms with van der Waals surface area (Å²) >= 11 is 1.51. The Morgan fingerprint density at radius 2 is 1.91 bits per heavy atom. The van der Waals surface area contributed by atoms with Gasteiger partial charge in [0.25, 0.3) is 5.91 Å². The van der Waals surface area contributed by atoms with Crippen molar-refractivity contribution in [3.8, 4) is 5.75 Å². The first-order chi connectivity index (χ1) is 16.7. The molecule has 5 aromatic rings. The molecule has 34 heavy (non-hydrogen) atoms. The van der Waals surface area contributed by atoms with E-state index in [1.54, 1.807) is 48.2 Å². The van der Waals surface area contributed by atoms with Crippen LogP contribution in [0.4, 0.5) is 4.39 Å². The van der Waals surface area contributed by atoms with E-state index in [0.29, 0.717) is 24.5 Å². The first kappa shape index (κ1) is 21.8. The predicted molar refractivity (Wildman–Crippen MR) is 129 cm³/mol. The summed E-state index contributed by atoms with van der Waals surface area (Å²) in [5, 5.41) is 5.01. The van der Waals surface area contributed by atoms with Gasteiger partial charge in [-0.15, -0.1) is 11.3 Å². The number of halogens is 1. The first-order valence-electron chi connectivity index (χ1n) is 10.7. The molecule has 0 saturated heterocycles. The lowest BCUT2D eigenvalue weighted by Crippen LogP contribution is -2.31. The summed E-state index contributed by atoms with van der Waals surface area (Å²) < 4.78 is 21.3. The average Bonchev–Trinajstić information content (AvgIpc) is 3.53. The number of aromatic nitrogens is 3. The van der Waals surface area contributed by atoms with Crippen LogP contribution in [0.1, 0.15) is 27.7 Å². The third-order valence-electron chi connectivity index (χ3n) is 5.45. The molecule has 1 atom stereocenters. The maximum atomic E-state index is 13.6. The Bertz CT molecular complexity index is 1400. The summed E-state index contributed by atoms with van der Waals surface area (Å²) in [6, 6.07) is 20.6. The number of benzene rings is 3. The van der Waals surface area contributed by atoms with E-state index in [0.717, 1.165) is 22.3 Å². The zero-order valence-electron chi connectivity index (χ0n) is 18.1. The Morgan fingerprint density at radius 3 is 2.74 bits per heavy atom. The number of thiazole rings is 1. The minimum absolute atomic E-state index is 0.252. The summed E-state index contributed by atoms with van der Waals surface area (Å²) in [6.07, 6.45) is 1.75. The van der Waals surface area contributed by atoms with Crippen molar-refractivity contribution in [2.75, 3.05) is 0 Å². The number of hydrogen-bond acceptors (Lipinski definition) is 5. The molecule has 8 heteroatoms. The molecule has 0 aliphatic heterocycles. The number of amides is 1. The van der Waals surface area contributed by atoms with Crippen LogP contribution in [0.25, 0.3) is 11.0 Å². The van der Waals surface area contributed by atoms with Gasteiger partial charge in [0.1, 0.15) is 18.2 Å². The van der Waals surface area contributed by atoms with Gasteiger partial charge in [-0.1, -0.05) is 30.3 Å². The van der Waals surface area contributed by atoms with Crippen LogP contribution >= 0.6 is 11.3 Å². The van der Waals surface area contributed by atoms with E-state index in [1.165, 1.54) is 23.5 Å². The Kier molecular flexibility index (Phi) is 6.31. The fourth-order valence-electron chi connectivity index (χ4n) is 3.72. The van der Waals surface area contributed by atoms with Gasteiger partial charge in [-0.2, -0.15) is 0 Å². The highest BCUT2D eigenvalue weighted by Crippen LogP contribution is 2.22. The van der Waals surface area contributed by atoms with Crippen LogP contribution < -0.4 is 10.1 Å². The number of nitrogens with one attached hydrogen (secondary N) is 1. The number of fused-ring (bicyclic) bond motifs is 1. The highest BCUT2D eigenvalue weighted by Gasteiger charge is 2.18. The van der Waals surface area contributed by atoms with Gasteiger partial charge >= 0.3 is 0 Å². The first-order valence-corrected chi connectivity index (χ1v) is 11.7. The summed E-state index contributed by atoms with van der Waals surface area (Å²) in [7, 11) is 0. The highest BCUT2D eigenvalue weighted by molar-refractivity contribution is 7.07. The van der Waals surface area contributed by atoms with Crippen LogP contribution in [0.3, 0.4) is 0 Å². The lowest BCUT2D eigenvalue weighted by molar-refractivity contribution is 0.0932. The monoisotopic (exact) mass is 472 g/mol. The molecule has 0 radical (unpaired) electrons. The van der Waals surface area contributed by atoms with Crippen molar-refractivity contribution in [1.82, 2.24) is 19.9 Å². The minimum atomic E-state index is -0.398. The molecule has 2 heterocycles. The Hall–Kier alpha value is -4.04. The third-order valence-corrected chi connectivity index (χ3v) is 6.09. The van der Waals surface area contributed by atoms with Crippen molar-refractivity contribution in [1.29, 1.82) is 0 Å². The summed E-state index contributed by atoms with van der Waals surface area (Å²) in [6.45, 7) is 0.776. The lowest BCUT2D eigenvalue weighted by Gasteiger charge is -2.21. The molecule has 0 bridgehead atoms. The molecule has 170 valence electrons. The minimum Gasteiger partial charge on any atom is -0.487 e. The molecule has 0 fully saturated rings. The molecular weight excluding hydrogens is 451 g/mol. The second kappa shape index (κ2) is 9.84. The van der Waals surface area contributed by atoms with E-state index in [9.17, 15) is 9.18 Å². The maximum absolute atomic E-state index is 13.6. The fourth-order valence-corrected chi connectivity index (χ4v) is 4.26. The zero-order valence-corrected chi connectivity index (χ0v) is 18.9. The van der Waals surface area contributed by atoms with Gasteiger partial charge in [-0.25, -0.2) is 14.4 Å². The van der Waals surface area contributed by atoms with Gasteiger partial charge in [0.05, 0.1) is 34.6 Å². The molecular formula is C26H21FN4O2S. The van der Waals surface area contributed by atoms with Crippen LogP contribution in [0.15, 0.2) is 90.0 Å². The van der Waals surface area contributed by atoms with Crippen LogP contribution in [0.2, 0.25) is 0 Å². The van der Waals surface area contributed by atoms with E-state index in [4.69, 9.17) is 4.74 Å². The molecule has 2 aromatic heterocycles. The van der Waals surface area contributed by atoms with E-state index in [-0.39, 0.29) is 11.7 Å². The van der Waals surface area contributed by atoms with E-state index in [2.05, 4.69) is 15.3 Å². The van der Waals surface area contributed by atoms with Gasteiger partial charge < -0.3 is 14.6 Å². The molecule has 6 nitrogen and oxygen atoms in total. The molecule has 5 rings (SSSR count). The van der Waals surface area contributed by atoms with E-state index in [1.807, 2.05) is 34.2 Å². The van der Waals surface area contributed by atoms with E-state index < -0.39 is 6.04 Å². The van der Waals surface area contributed by atoms with Crippen molar-refractivity contribution < 1.29 is 13.9 Å². The molecule has 1 amide bonds. The number of carbonyl (C=O) groups is 1. The average molecular weight is 473 g/mol. The number of carbonyl (C=O) groups excluding carboxylic acids is 1. The van der Waals surface area contributed by atoms with Crippen molar-refractivity contribution in [3.05, 3.63) is 113 Å². The van der Waals surface area contributed by atoms with Crippen molar-refractivity contribution in [2.45, 2.75) is 19.2 Å². The molecule has 0 saturated carbocycles. The van der Waals surface area contributed by atoms with Crippen LogP contribution in [-0.4, -0.2) is 20.4 Å². The number of imidazole rings is 1. The number of hydrogen-bond donors (Lipinski definition) is 1. The number of ether oxygens (including phenoxy) is 1. The molecule has 0 aliphatic carbocycles. The van der Waals surface area contributed by atoms with Crippen LogP contribution in [0.5, 0.6) is 5.75 Å². The van der Waals surface area contributed by atoms with Gasteiger partial charge in [-0.3, -0.25) is 4.79 Å². The zero-order chi connectivity index (χ0) is 23.3. The highest BCUT2D eigenvalue weighted by atomic mass is 32.1. The normalized spacial score (nSPS) is 11.9. The Balaban J connectivity index is 1.37. The quantitative estimate of drug-likeness (QED) is 0.329. The smallest absolute Gasteiger partial charge is 0.251 e. The fraction of sp³-hybridized carbons (Fsp3) is 0.115. The summed E-state index contributed by atoms with van der Waals surface area (Å²) in [4.78, 5) is 21.8. The van der Waals surface area contributed by atoms with Gasteiger partial charge in [0, 0.05) is 17.5 Å². The lowest BCUT2D eigenvalue weighted by atomic mass is 10.1. The number of nitrogens with zero attached hydrogens (tertiary/aromatic N) is 3. The van der Waals surface area contributed by atoms with Crippen LogP contribution in [-0.2, 0) is 13.2 Å². The SMILES string of the molecule is O=C(NC(Cn1cnc2ccccc21)c1ccc(F)cc1)c1cccc(OCc2cscn2)c1. The second-order valence-corrected chi connectivity index (χ2v) is 8.48.